The highest BCUT2D eigenvalue weighted by Crippen LogP contribution is 2.30. The van der Waals surface area contributed by atoms with Gasteiger partial charge in [-0.25, -0.2) is 4.99 Å². The van der Waals surface area contributed by atoms with E-state index < -0.39 is 5.91 Å². The van der Waals surface area contributed by atoms with Crippen LogP contribution in [0.3, 0.4) is 0 Å². The standard InChI is InChI=1S/C19H18IN5O3/c1-28-15-8-4-7-14(26)12(15)10-22-18-16(17(21)27)19(25-24-18)23-13-6-3-2-5-11(13)9-20/h2-8,10,26H,9H2,1H3,(H2,21,27)(H2,23,24,25). The fraction of sp³-hybridized carbons (Fsp3) is 0.105. The number of aromatic nitrogens is 2. The van der Waals surface area contributed by atoms with Crippen LogP contribution in [0.5, 0.6) is 11.5 Å². The molecule has 5 N–H and O–H groups in total. The van der Waals surface area contributed by atoms with Gasteiger partial charge in [0.2, 0.25) is 0 Å². The van der Waals surface area contributed by atoms with Crippen LogP contribution in [0.2, 0.25) is 0 Å². The number of nitrogens with one attached hydrogen (secondary N) is 2. The highest BCUT2D eigenvalue weighted by Gasteiger charge is 2.19. The molecule has 0 aliphatic heterocycles. The number of nitrogens with two attached hydrogens (primary N) is 1. The number of primary amides is 1. The minimum Gasteiger partial charge on any atom is -0.507 e. The third-order valence-electron chi connectivity index (χ3n) is 3.99. The lowest BCUT2D eigenvalue weighted by Gasteiger charge is -2.09. The van der Waals surface area contributed by atoms with E-state index in [1.807, 2.05) is 24.3 Å². The van der Waals surface area contributed by atoms with Crippen LogP contribution in [0, 0.1) is 0 Å². The maximum absolute atomic E-state index is 12.0. The molecule has 1 amide bonds. The summed E-state index contributed by atoms with van der Waals surface area (Å²) < 4.78 is 6.01. The molecule has 28 heavy (non-hydrogen) atoms. The number of ether oxygens (including phenoxy) is 1. The van der Waals surface area contributed by atoms with Gasteiger partial charge in [0, 0.05) is 16.3 Å². The van der Waals surface area contributed by atoms with Crippen LogP contribution in [0.4, 0.5) is 17.3 Å². The zero-order chi connectivity index (χ0) is 20.1. The maximum atomic E-state index is 12.0. The Morgan fingerprint density at radius 3 is 2.86 bits per heavy atom. The first-order valence-electron chi connectivity index (χ1n) is 8.24. The number of alkyl halides is 1. The van der Waals surface area contributed by atoms with Crippen molar-refractivity contribution >= 4 is 52.0 Å². The topological polar surface area (TPSA) is 126 Å². The number of nitrogens with zero attached hydrogens (tertiary/aromatic N) is 2. The molecule has 0 aliphatic rings. The minimum absolute atomic E-state index is 0.00594. The van der Waals surface area contributed by atoms with Crippen molar-refractivity contribution in [2.24, 2.45) is 10.7 Å². The van der Waals surface area contributed by atoms with Crippen LogP contribution in [-0.4, -0.2) is 34.5 Å². The van der Waals surface area contributed by atoms with Crippen molar-refractivity contribution < 1.29 is 14.6 Å². The molecule has 0 radical (unpaired) electrons. The molecule has 1 heterocycles. The number of phenols is 1. The van der Waals surface area contributed by atoms with Gasteiger partial charge in [-0.2, -0.15) is 5.10 Å². The average molecular weight is 491 g/mol. The molecule has 2 aromatic carbocycles. The Kier molecular flexibility index (Phi) is 6.14. The van der Waals surface area contributed by atoms with Gasteiger partial charge >= 0.3 is 0 Å². The Bertz CT molecular complexity index is 1030. The molecule has 0 saturated heterocycles. The number of halogens is 1. The van der Waals surface area contributed by atoms with Gasteiger partial charge in [0.05, 0.1) is 12.7 Å². The molecule has 1 aromatic heterocycles. The van der Waals surface area contributed by atoms with Crippen LogP contribution in [0.25, 0.3) is 0 Å². The van der Waals surface area contributed by atoms with Gasteiger partial charge in [-0.1, -0.05) is 46.9 Å². The molecule has 144 valence electrons. The lowest BCUT2D eigenvalue weighted by atomic mass is 10.2. The number of amides is 1. The second-order valence-corrected chi connectivity index (χ2v) is 6.49. The molecule has 3 rings (SSSR count). The van der Waals surface area contributed by atoms with E-state index in [-0.39, 0.29) is 17.1 Å². The van der Waals surface area contributed by atoms with Crippen molar-refractivity contribution in [3.8, 4) is 11.5 Å². The Morgan fingerprint density at radius 2 is 2.14 bits per heavy atom. The van der Waals surface area contributed by atoms with Crippen molar-refractivity contribution in [3.05, 3.63) is 59.2 Å². The number of H-pyrrole nitrogens is 1. The molecule has 3 aromatic rings. The van der Waals surface area contributed by atoms with E-state index in [9.17, 15) is 9.90 Å². The number of phenolic OH excluding ortho intramolecular Hbond substituents is 1. The van der Waals surface area contributed by atoms with Crippen LogP contribution < -0.4 is 15.8 Å². The number of benzene rings is 2. The number of hydrogen-bond donors (Lipinski definition) is 4. The first-order chi connectivity index (χ1) is 13.5. The quantitative estimate of drug-likeness (QED) is 0.228. The molecular formula is C19H18IN5O3. The van der Waals surface area contributed by atoms with Gasteiger partial charge in [0.1, 0.15) is 22.9 Å². The van der Waals surface area contributed by atoms with Crippen LogP contribution in [0.15, 0.2) is 47.5 Å². The van der Waals surface area contributed by atoms with Gasteiger partial charge in [-0.3, -0.25) is 9.89 Å². The first-order valence-corrected chi connectivity index (χ1v) is 9.76. The maximum Gasteiger partial charge on any atom is 0.256 e. The summed E-state index contributed by atoms with van der Waals surface area (Å²) in [5.74, 6) is 0.205. The molecule has 0 atom stereocenters. The number of rotatable bonds is 7. The molecule has 8 nitrogen and oxygen atoms in total. The largest absolute Gasteiger partial charge is 0.507 e. The number of aromatic amines is 1. The summed E-state index contributed by atoms with van der Waals surface area (Å²) in [5, 5.41) is 20.0. The second kappa shape index (κ2) is 8.74. The summed E-state index contributed by atoms with van der Waals surface area (Å²) in [4.78, 5) is 16.2. The van der Waals surface area contributed by atoms with Gasteiger partial charge in [-0.15, -0.1) is 0 Å². The molecule has 0 saturated carbocycles. The lowest BCUT2D eigenvalue weighted by Crippen LogP contribution is -2.12. The predicted octanol–water partition coefficient (Wildman–Crippen LogP) is 3.65. The van der Waals surface area contributed by atoms with Crippen molar-refractivity contribution in [2.75, 3.05) is 12.4 Å². The number of aromatic hydroxyl groups is 1. The number of methoxy groups -OCH3 is 1. The van der Waals surface area contributed by atoms with Crippen LogP contribution in [-0.2, 0) is 4.43 Å². The molecule has 0 spiro atoms. The number of para-hydroxylation sites is 1. The molecule has 0 aliphatic carbocycles. The van der Waals surface area contributed by atoms with Crippen molar-refractivity contribution in [2.45, 2.75) is 4.43 Å². The van der Waals surface area contributed by atoms with Crippen molar-refractivity contribution in [1.82, 2.24) is 10.2 Å². The highest BCUT2D eigenvalue weighted by atomic mass is 127. The van der Waals surface area contributed by atoms with E-state index in [0.717, 1.165) is 15.7 Å². The number of carbonyl (C=O) groups is 1. The van der Waals surface area contributed by atoms with E-state index in [1.165, 1.54) is 19.4 Å². The van der Waals surface area contributed by atoms with E-state index >= 15 is 0 Å². The molecule has 0 bridgehead atoms. The smallest absolute Gasteiger partial charge is 0.256 e. The molecule has 0 fully saturated rings. The summed E-state index contributed by atoms with van der Waals surface area (Å²) in [7, 11) is 1.49. The number of carbonyl (C=O) groups excluding carboxylic acids is 1. The fourth-order valence-corrected chi connectivity index (χ4v) is 3.27. The minimum atomic E-state index is -0.681. The Labute approximate surface area is 175 Å². The van der Waals surface area contributed by atoms with Gasteiger partial charge in [0.15, 0.2) is 5.82 Å². The van der Waals surface area contributed by atoms with Gasteiger partial charge in [0.25, 0.3) is 5.91 Å². The lowest BCUT2D eigenvalue weighted by molar-refractivity contribution is 0.100. The van der Waals surface area contributed by atoms with E-state index in [4.69, 9.17) is 10.5 Å². The van der Waals surface area contributed by atoms with E-state index in [0.29, 0.717) is 17.1 Å². The SMILES string of the molecule is COc1cccc(O)c1C=Nc1n[nH]c(Nc2ccccc2CI)c1C(N)=O. The Balaban J connectivity index is 1.97. The van der Waals surface area contributed by atoms with Crippen LogP contribution >= 0.6 is 22.6 Å². The summed E-state index contributed by atoms with van der Waals surface area (Å²) in [6.07, 6.45) is 1.37. The number of aliphatic imine (C=N–C) groups is 1. The van der Waals surface area contributed by atoms with Gasteiger partial charge in [-0.05, 0) is 23.8 Å². The first kappa shape index (κ1) is 19.7. The molecule has 9 heteroatoms. The third kappa shape index (κ3) is 4.09. The molecular weight excluding hydrogens is 473 g/mol. The van der Waals surface area contributed by atoms with Crippen molar-refractivity contribution in [1.29, 1.82) is 0 Å². The number of hydrogen-bond acceptors (Lipinski definition) is 6. The monoisotopic (exact) mass is 491 g/mol. The summed E-state index contributed by atoms with van der Waals surface area (Å²) in [5.41, 5.74) is 7.94. The zero-order valence-electron chi connectivity index (χ0n) is 14.9. The van der Waals surface area contributed by atoms with Crippen molar-refractivity contribution in [3.63, 3.8) is 0 Å². The van der Waals surface area contributed by atoms with E-state index in [2.05, 4.69) is 43.1 Å². The van der Waals surface area contributed by atoms with Crippen LogP contribution in [0.1, 0.15) is 21.5 Å². The molecule has 0 unspecified atom stereocenters. The summed E-state index contributed by atoms with van der Waals surface area (Å²) in [6, 6.07) is 12.6. The summed E-state index contributed by atoms with van der Waals surface area (Å²) >= 11 is 2.26. The Morgan fingerprint density at radius 1 is 1.36 bits per heavy atom. The fourth-order valence-electron chi connectivity index (χ4n) is 2.61. The normalized spacial score (nSPS) is 10.9. The highest BCUT2D eigenvalue weighted by molar-refractivity contribution is 14.1. The Hall–Kier alpha value is -3.08. The van der Waals surface area contributed by atoms with Gasteiger partial charge < -0.3 is 20.9 Å². The van der Waals surface area contributed by atoms with E-state index in [1.54, 1.807) is 12.1 Å². The predicted molar refractivity (Wildman–Crippen MR) is 116 cm³/mol. The third-order valence-corrected chi connectivity index (χ3v) is 4.82. The summed E-state index contributed by atoms with van der Waals surface area (Å²) in [6.45, 7) is 0. The zero-order valence-corrected chi connectivity index (χ0v) is 17.1. The average Bonchev–Trinajstić information content (AvgIpc) is 3.10. The number of anilines is 2. The second-order valence-electron chi connectivity index (χ2n) is 5.73.